The first-order chi connectivity index (χ1) is 32.2. The lowest BCUT2D eigenvalue weighted by Crippen LogP contribution is -2.30. The van der Waals surface area contributed by atoms with E-state index in [1.165, 1.54) is 225 Å². The Labute approximate surface area is 412 Å². The van der Waals surface area contributed by atoms with Crippen molar-refractivity contribution < 1.29 is 28.6 Å². The molecule has 0 saturated carbocycles. The van der Waals surface area contributed by atoms with E-state index in [4.69, 9.17) is 14.2 Å². The fourth-order valence-corrected chi connectivity index (χ4v) is 9.23. The van der Waals surface area contributed by atoms with Crippen molar-refractivity contribution in [3.05, 3.63) is 0 Å². The van der Waals surface area contributed by atoms with Crippen molar-refractivity contribution >= 4 is 17.9 Å². The van der Waals surface area contributed by atoms with Gasteiger partial charge in [-0.2, -0.15) is 0 Å². The van der Waals surface area contributed by atoms with E-state index < -0.39 is 6.10 Å². The monoisotopic (exact) mass is 933 g/mol. The number of hydrogen-bond donors (Lipinski definition) is 0. The Balaban J connectivity index is 4.27. The largest absolute Gasteiger partial charge is 0.462 e. The van der Waals surface area contributed by atoms with Crippen molar-refractivity contribution in [1.29, 1.82) is 0 Å². The van der Waals surface area contributed by atoms with E-state index >= 15 is 0 Å². The van der Waals surface area contributed by atoms with Crippen molar-refractivity contribution in [3.63, 3.8) is 0 Å². The zero-order chi connectivity index (χ0) is 48.2. The molecule has 0 rings (SSSR count). The Hall–Kier alpha value is -1.59. The van der Waals surface area contributed by atoms with Crippen LogP contribution in [-0.2, 0) is 28.6 Å². The quantitative estimate of drug-likeness (QED) is 0.0343. The second-order valence-electron chi connectivity index (χ2n) is 21.6. The van der Waals surface area contributed by atoms with Crippen LogP contribution in [0.4, 0.5) is 0 Å². The van der Waals surface area contributed by atoms with Crippen molar-refractivity contribution in [3.8, 4) is 0 Å². The summed E-state index contributed by atoms with van der Waals surface area (Å²) in [6.45, 7) is 11.4. The maximum Gasteiger partial charge on any atom is 0.306 e. The van der Waals surface area contributed by atoms with Crippen LogP contribution in [0.25, 0.3) is 0 Å². The predicted molar refractivity (Wildman–Crippen MR) is 284 cm³/mol. The Kier molecular flexibility index (Phi) is 51.5. The molecule has 0 aromatic heterocycles. The predicted octanol–water partition coefficient (Wildman–Crippen LogP) is 19.7. The van der Waals surface area contributed by atoms with E-state index in [0.717, 1.165) is 69.6 Å². The Morgan fingerprint density at radius 2 is 0.500 bits per heavy atom. The lowest BCUT2D eigenvalue weighted by Gasteiger charge is -2.18. The Morgan fingerprint density at radius 3 is 0.742 bits per heavy atom. The molecular weight excluding hydrogens is 817 g/mol. The van der Waals surface area contributed by atoms with Gasteiger partial charge in [-0.1, -0.05) is 298 Å². The fourth-order valence-electron chi connectivity index (χ4n) is 9.23. The second kappa shape index (κ2) is 52.8. The van der Waals surface area contributed by atoms with Gasteiger partial charge in [-0.25, -0.2) is 0 Å². The highest BCUT2D eigenvalue weighted by Gasteiger charge is 2.19. The van der Waals surface area contributed by atoms with Crippen LogP contribution in [0.3, 0.4) is 0 Å². The summed E-state index contributed by atoms with van der Waals surface area (Å²) in [5.74, 6) is 0.814. The summed E-state index contributed by atoms with van der Waals surface area (Å²) in [5.41, 5.74) is 0. The molecule has 0 aliphatic rings. The molecule has 6 heteroatoms. The van der Waals surface area contributed by atoms with Crippen LogP contribution < -0.4 is 0 Å². The van der Waals surface area contributed by atoms with E-state index in [1.54, 1.807) is 0 Å². The summed E-state index contributed by atoms with van der Waals surface area (Å²) < 4.78 is 16.9. The van der Waals surface area contributed by atoms with Gasteiger partial charge >= 0.3 is 17.9 Å². The molecule has 0 aliphatic heterocycles. The molecule has 392 valence electrons. The van der Waals surface area contributed by atoms with Gasteiger partial charge in [0.1, 0.15) is 13.2 Å². The van der Waals surface area contributed by atoms with E-state index in [-0.39, 0.29) is 31.1 Å². The maximum absolute atomic E-state index is 12.9. The zero-order valence-corrected chi connectivity index (χ0v) is 45.3. The number of carbonyl (C=O) groups excluding carboxylic acids is 3. The minimum Gasteiger partial charge on any atom is -0.462 e. The molecule has 6 nitrogen and oxygen atoms in total. The number of esters is 3. The van der Waals surface area contributed by atoms with E-state index in [9.17, 15) is 14.4 Å². The van der Waals surface area contributed by atoms with Gasteiger partial charge in [0.05, 0.1) is 0 Å². The first-order valence-corrected chi connectivity index (χ1v) is 29.7. The fraction of sp³-hybridized carbons (Fsp3) is 0.950. The van der Waals surface area contributed by atoms with Gasteiger partial charge in [0.15, 0.2) is 6.10 Å². The first kappa shape index (κ1) is 64.4. The SMILES string of the molecule is CCCCCCCCCCCCCCCCCCCCCC(=O)O[C@@H](COC(=O)CCCCCCCCCCCCCCCCC(C)C)COC(=O)CCCCCCCCCCCC(C)C. The van der Waals surface area contributed by atoms with Gasteiger partial charge in [-0.3, -0.25) is 14.4 Å². The highest BCUT2D eigenvalue weighted by atomic mass is 16.6. The van der Waals surface area contributed by atoms with Crippen LogP contribution in [-0.4, -0.2) is 37.2 Å². The van der Waals surface area contributed by atoms with Gasteiger partial charge in [0.2, 0.25) is 0 Å². The average molecular weight is 934 g/mol. The number of ether oxygens (including phenoxy) is 3. The van der Waals surface area contributed by atoms with Crippen LogP contribution in [0.15, 0.2) is 0 Å². The molecule has 0 saturated heterocycles. The van der Waals surface area contributed by atoms with E-state index in [0.29, 0.717) is 19.3 Å². The molecule has 0 aliphatic carbocycles. The van der Waals surface area contributed by atoms with Crippen LogP contribution in [0.2, 0.25) is 0 Å². The summed E-state index contributed by atoms with van der Waals surface area (Å²) in [6.07, 6.45) is 56.7. The third-order valence-electron chi connectivity index (χ3n) is 13.7. The topological polar surface area (TPSA) is 78.9 Å². The van der Waals surface area contributed by atoms with Crippen LogP contribution in [0.5, 0.6) is 0 Å². The maximum atomic E-state index is 12.9. The van der Waals surface area contributed by atoms with Gasteiger partial charge in [-0.15, -0.1) is 0 Å². The highest BCUT2D eigenvalue weighted by molar-refractivity contribution is 5.71. The Morgan fingerprint density at radius 1 is 0.288 bits per heavy atom. The minimum atomic E-state index is -0.763. The number of hydrogen-bond acceptors (Lipinski definition) is 6. The zero-order valence-electron chi connectivity index (χ0n) is 45.3. The number of unbranched alkanes of at least 4 members (excludes halogenated alkanes) is 39. The highest BCUT2D eigenvalue weighted by Crippen LogP contribution is 2.18. The third kappa shape index (κ3) is 53.4. The van der Waals surface area contributed by atoms with E-state index in [2.05, 4.69) is 34.6 Å². The number of rotatable bonds is 54. The molecule has 0 aromatic carbocycles. The smallest absolute Gasteiger partial charge is 0.306 e. The molecule has 0 radical (unpaired) electrons. The van der Waals surface area contributed by atoms with Gasteiger partial charge < -0.3 is 14.2 Å². The summed E-state index contributed by atoms with van der Waals surface area (Å²) >= 11 is 0. The summed E-state index contributed by atoms with van der Waals surface area (Å²) in [5, 5.41) is 0. The Bertz CT molecular complexity index is 1010. The molecule has 0 unspecified atom stereocenters. The number of carbonyl (C=O) groups is 3. The van der Waals surface area contributed by atoms with Crippen molar-refractivity contribution in [2.45, 2.75) is 343 Å². The molecule has 0 spiro atoms. The van der Waals surface area contributed by atoms with Crippen molar-refractivity contribution in [2.75, 3.05) is 13.2 Å². The summed E-state index contributed by atoms with van der Waals surface area (Å²) in [7, 11) is 0. The lowest BCUT2D eigenvalue weighted by atomic mass is 10.0. The molecule has 0 amide bonds. The second-order valence-corrected chi connectivity index (χ2v) is 21.6. The standard InChI is InChI=1S/C60H116O6/c1-6-7-8-9-10-11-12-13-14-15-16-17-18-23-26-31-37-42-47-52-60(63)66-57(54-65-59(62)51-46-41-36-32-27-29-34-39-44-49-56(4)5)53-64-58(61)50-45-40-35-30-25-22-20-19-21-24-28-33-38-43-48-55(2)3/h55-57H,6-54H2,1-5H3/t57-/m0/s1. The molecule has 1 atom stereocenters. The average Bonchev–Trinajstić information content (AvgIpc) is 3.29. The van der Waals surface area contributed by atoms with Gasteiger partial charge in [0, 0.05) is 19.3 Å². The molecule has 0 bridgehead atoms. The van der Waals surface area contributed by atoms with Gasteiger partial charge in [0.25, 0.3) is 0 Å². The minimum absolute atomic E-state index is 0.0628. The molecule has 0 heterocycles. The van der Waals surface area contributed by atoms with Crippen molar-refractivity contribution in [2.24, 2.45) is 11.8 Å². The van der Waals surface area contributed by atoms with Crippen LogP contribution >= 0.6 is 0 Å². The van der Waals surface area contributed by atoms with Crippen LogP contribution in [0, 0.1) is 11.8 Å². The van der Waals surface area contributed by atoms with Gasteiger partial charge in [-0.05, 0) is 31.1 Å². The normalized spacial score (nSPS) is 12.0. The molecule has 0 fully saturated rings. The van der Waals surface area contributed by atoms with Crippen molar-refractivity contribution in [1.82, 2.24) is 0 Å². The summed E-state index contributed by atoms with van der Waals surface area (Å²) in [4.78, 5) is 38.2. The molecular formula is C60H116O6. The first-order valence-electron chi connectivity index (χ1n) is 29.7. The third-order valence-corrected chi connectivity index (χ3v) is 13.7. The van der Waals surface area contributed by atoms with E-state index in [1.807, 2.05) is 0 Å². The molecule has 0 aromatic rings. The molecule has 0 N–H and O–H groups in total. The molecule has 66 heavy (non-hydrogen) atoms. The van der Waals surface area contributed by atoms with Crippen LogP contribution in [0.1, 0.15) is 336 Å². The lowest BCUT2D eigenvalue weighted by molar-refractivity contribution is -0.167. The summed E-state index contributed by atoms with van der Waals surface area (Å²) in [6, 6.07) is 0.